The lowest BCUT2D eigenvalue weighted by molar-refractivity contribution is 0.315. The summed E-state index contributed by atoms with van der Waals surface area (Å²) in [4.78, 5) is 9.46. The quantitative estimate of drug-likeness (QED) is 0.157. The van der Waals surface area contributed by atoms with Crippen molar-refractivity contribution < 1.29 is 0 Å². The van der Waals surface area contributed by atoms with Crippen LogP contribution in [0.25, 0.3) is 5.69 Å². The third-order valence-corrected chi connectivity index (χ3v) is 8.25. The minimum Gasteiger partial charge on any atom is -0.385 e. The lowest BCUT2D eigenvalue weighted by Crippen LogP contribution is -2.31. The van der Waals surface area contributed by atoms with Gasteiger partial charge in [0, 0.05) is 60.8 Å². The zero-order chi connectivity index (χ0) is 28.1. The van der Waals surface area contributed by atoms with Crippen LogP contribution in [0.1, 0.15) is 55.0 Å². The second-order valence-electron chi connectivity index (χ2n) is 10.3. The van der Waals surface area contributed by atoms with E-state index in [0.717, 1.165) is 49.1 Å². The highest BCUT2D eigenvalue weighted by atomic mass is 32.1. The molecular weight excluding hydrogens is 512 g/mol. The number of anilines is 2. The number of hydrogen-bond donors (Lipinski definition) is 2. The topological polar surface area (TPSA) is 48.4 Å². The van der Waals surface area contributed by atoms with Gasteiger partial charge in [-0.25, -0.2) is 0 Å². The van der Waals surface area contributed by atoms with Crippen molar-refractivity contribution in [3.63, 3.8) is 0 Å². The zero-order valence-corrected chi connectivity index (χ0v) is 24.8. The smallest absolute Gasteiger partial charge is 0.170 e. The van der Waals surface area contributed by atoms with Crippen molar-refractivity contribution in [3.8, 4) is 5.69 Å². The fraction of sp³-hybridized carbons (Fsp3) is 0.333. The van der Waals surface area contributed by atoms with Gasteiger partial charge in [-0.1, -0.05) is 24.3 Å². The molecule has 4 aromatic rings. The number of aryl methyl sites for hydroxylation is 1. The molecule has 0 amide bonds. The highest BCUT2D eigenvalue weighted by molar-refractivity contribution is 7.80. The average molecular weight is 553 g/mol. The summed E-state index contributed by atoms with van der Waals surface area (Å²) in [6.07, 6.45) is 2.83. The van der Waals surface area contributed by atoms with Crippen LogP contribution in [0.4, 0.5) is 11.4 Å². The predicted octanol–water partition coefficient (Wildman–Crippen LogP) is 6.81. The molecule has 208 valence electrons. The van der Waals surface area contributed by atoms with Gasteiger partial charge in [0.05, 0.1) is 17.8 Å². The molecule has 1 fully saturated rings. The summed E-state index contributed by atoms with van der Waals surface area (Å²) >= 11 is 5.93. The van der Waals surface area contributed by atoms with Crippen molar-refractivity contribution in [2.75, 3.05) is 36.4 Å². The molecular formula is C33H40N6S. The number of thiocarbonyl (C=S) groups is 1. The lowest BCUT2D eigenvalue weighted by atomic mass is 9.96. The summed E-state index contributed by atoms with van der Waals surface area (Å²) in [6.45, 7) is 12.6. The van der Waals surface area contributed by atoms with Crippen molar-refractivity contribution in [1.82, 2.24) is 19.8 Å². The summed E-state index contributed by atoms with van der Waals surface area (Å²) in [6, 6.07) is 27.8. The Labute approximate surface area is 244 Å². The number of para-hydroxylation sites is 1. The van der Waals surface area contributed by atoms with Crippen LogP contribution in [0.3, 0.4) is 0 Å². The first kappa shape index (κ1) is 27.7. The second-order valence-corrected chi connectivity index (χ2v) is 10.7. The van der Waals surface area contributed by atoms with Gasteiger partial charge in [-0.05, 0) is 106 Å². The maximum atomic E-state index is 5.93. The van der Waals surface area contributed by atoms with Gasteiger partial charge in [0.2, 0.25) is 0 Å². The van der Waals surface area contributed by atoms with E-state index in [-0.39, 0.29) is 12.1 Å². The fourth-order valence-corrected chi connectivity index (χ4v) is 6.24. The molecule has 3 heterocycles. The average Bonchev–Trinajstić information content (AvgIpc) is 3.47. The van der Waals surface area contributed by atoms with Gasteiger partial charge in [0.1, 0.15) is 0 Å². The van der Waals surface area contributed by atoms with Gasteiger partial charge in [0.15, 0.2) is 5.11 Å². The second kappa shape index (κ2) is 12.6. The molecule has 0 aliphatic carbocycles. The molecule has 1 aliphatic rings. The Morgan fingerprint density at radius 2 is 1.68 bits per heavy atom. The minimum atomic E-state index is -0.0187. The molecule has 2 aromatic heterocycles. The number of benzene rings is 2. The van der Waals surface area contributed by atoms with Crippen LogP contribution in [0.5, 0.6) is 0 Å². The molecule has 0 bridgehead atoms. The van der Waals surface area contributed by atoms with Crippen LogP contribution in [0.2, 0.25) is 0 Å². The van der Waals surface area contributed by atoms with Gasteiger partial charge in [-0.3, -0.25) is 4.98 Å². The molecule has 6 nitrogen and oxygen atoms in total. The van der Waals surface area contributed by atoms with Gasteiger partial charge < -0.3 is 25.0 Å². The van der Waals surface area contributed by atoms with E-state index in [1.165, 1.54) is 28.3 Å². The molecule has 2 atom stereocenters. The minimum absolute atomic E-state index is 0.0187. The summed E-state index contributed by atoms with van der Waals surface area (Å²) < 4.78 is 2.37. The molecule has 2 aromatic carbocycles. The Kier molecular flexibility index (Phi) is 8.70. The maximum absolute atomic E-state index is 5.93. The SMILES string of the molecule is CCN(CC)c1ccc(-n2c(C)cc([C@@H]3[C@H](c4ccccn4)NC(=S)N3CCCNc3ccccc3)c2C)cc1. The van der Waals surface area contributed by atoms with Gasteiger partial charge in [0.25, 0.3) is 0 Å². The van der Waals surface area contributed by atoms with Crippen molar-refractivity contribution in [1.29, 1.82) is 0 Å². The zero-order valence-electron chi connectivity index (χ0n) is 24.0. The van der Waals surface area contributed by atoms with Crippen molar-refractivity contribution >= 4 is 28.7 Å². The molecule has 7 heteroatoms. The molecule has 1 aliphatic heterocycles. The van der Waals surface area contributed by atoms with Crippen molar-refractivity contribution in [3.05, 3.63) is 108 Å². The first-order valence-corrected chi connectivity index (χ1v) is 14.7. The number of rotatable bonds is 11. The van der Waals surface area contributed by atoms with E-state index in [9.17, 15) is 0 Å². The standard InChI is InChI=1S/C33H40N6S/c1-5-37(6-2)27-16-18-28(19-17-27)39-24(3)23-29(25(39)4)32-31(30-15-10-11-20-35-30)36-33(40)38(32)22-12-21-34-26-13-8-7-9-14-26/h7-11,13-20,23,31-32,34H,5-6,12,21-22H2,1-4H3,(H,36,40)/t31-,32+/m0/s1. The van der Waals surface area contributed by atoms with Crippen LogP contribution in [-0.2, 0) is 0 Å². The summed E-state index contributed by atoms with van der Waals surface area (Å²) in [5, 5.41) is 7.94. The molecule has 0 radical (unpaired) electrons. The van der Waals surface area contributed by atoms with Crippen LogP contribution < -0.4 is 15.5 Å². The highest BCUT2D eigenvalue weighted by Crippen LogP contribution is 2.41. The summed E-state index contributed by atoms with van der Waals surface area (Å²) in [5.74, 6) is 0. The van der Waals surface area contributed by atoms with Crippen LogP contribution in [-0.4, -0.2) is 45.7 Å². The van der Waals surface area contributed by atoms with Crippen LogP contribution >= 0.6 is 12.2 Å². The Morgan fingerprint density at radius 1 is 0.950 bits per heavy atom. The number of nitrogens with zero attached hydrogens (tertiary/aromatic N) is 4. The lowest BCUT2D eigenvalue weighted by Gasteiger charge is -2.28. The predicted molar refractivity (Wildman–Crippen MR) is 171 cm³/mol. The first-order chi connectivity index (χ1) is 19.5. The molecule has 5 rings (SSSR count). The van der Waals surface area contributed by atoms with Gasteiger partial charge in [-0.2, -0.15) is 0 Å². The summed E-state index contributed by atoms with van der Waals surface area (Å²) in [5.41, 5.74) is 8.32. The van der Waals surface area contributed by atoms with E-state index >= 15 is 0 Å². The van der Waals surface area contributed by atoms with E-state index < -0.39 is 0 Å². The molecule has 40 heavy (non-hydrogen) atoms. The molecule has 2 N–H and O–H groups in total. The summed E-state index contributed by atoms with van der Waals surface area (Å²) in [7, 11) is 0. The largest absolute Gasteiger partial charge is 0.385 e. The Balaban J connectivity index is 1.44. The van der Waals surface area contributed by atoms with E-state index in [0.29, 0.717) is 0 Å². The fourth-order valence-electron chi connectivity index (χ4n) is 5.91. The Hall–Kier alpha value is -3.84. The van der Waals surface area contributed by atoms with E-state index in [1.54, 1.807) is 0 Å². The van der Waals surface area contributed by atoms with Crippen molar-refractivity contribution in [2.24, 2.45) is 0 Å². The molecule has 0 saturated carbocycles. The normalized spacial score (nSPS) is 16.7. The molecule has 1 saturated heterocycles. The number of nitrogens with one attached hydrogen (secondary N) is 2. The third kappa shape index (κ3) is 5.70. The monoisotopic (exact) mass is 552 g/mol. The van der Waals surface area contributed by atoms with E-state index in [2.05, 4.69) is 119 Å². The van der Waals surface area contributed by atoms with E-state index in [1.807, 2.05) is 18.3 Å². The number of pyridine rings is 1. The number of hydrogen-bond acceptors (Lipinski definition) is 4. The molecule has 0 unspecified atom stereocenters. The van der Waals surface area contributed by atoms with Crippen LogP contribution in [0, 0.1) is 13.8 Å². The third-order valence-electron chi connectivity index (χ3n) is 7.90. The van der Waals surface area contributed by atoms with Crippen LogP contribution in [0.15, 0.2) is 85.1 Å². The Bertz CT molecular complexity index is 1400. The van der Waals surface area contributed by atoms with Gasteiger partial charge in [-0.15, -0.1) is 0 Å². The van der Waals surface area contributed by atoms with Crippen molar-refractivity contribution in [2.45, 2.75) is 46.2 Å². The maximum Gasteiger partial charge on any atom is 0.170 e. The Morgan fingerprint density at radius 3 is 2.35 bits per heavy atom. The van der Waals surface area contributed by atoms with Gasteiger partial charge >= 0.3 is 0 Å². The highest BCUT2D eigenvalue weighted by Gasteiger charge is 2.41. The first-order valence-electron chi connectivity index (χ1n) is 14.3. The molecule has 0 spiro atoms. The number of aromatic nitrogens is 2. The van der Waals surface area contributed by atoms with E-state index in [4.69, 9.17) is 17.2 Å².